The Hall–Kier alpha value is -2.57. The van der Waals surface area contributed by atoms with Crippen molar-refractivity contribution in [2.75, 3.05) is 6.54 Å². The molecule has 7 heteroatoms. The van der Waals surface area contributed by atoms with Gasteiger partial charge in [0.1, 0.15) is 17.9 Å². The fraction of sp³-hybridized carbons (Fsp3) is 0.500. The van der Waals surface area contributed by atoms with Crippen molar-refractivity contribution >= 4 is 5.96 Å². The van der Waals surface area contributed by atoms with E-state index in [2.05, 4.69) is 27.6 Å². The average molecular weight is 342 g/mol. The molecule has 0 fully saturated rings. The molecule has 2 heterocycles. The van der Waals surface area contributed by atoms with Gasteiger partial charge in [0.05, 0.1) is 13.1 Å². The summed E-state index contributed by atoms with van der Waals surface area (Å²) >= 11 is 0. The molecule has 1 aliphatic rings. The molecule has 1 unspecified atom stereocenters. The maximum absolute atomic E-state index is 9.90. The number of hydrogen-bond donors (Lipinski definition) is 3. The summed E-state index contributed by atoms with van der Waals surface area (Å²) in [5.74, 6) is 2.22. The number of phenolic OH excluding ortho intramolecular Hbond substituents is 1. The molecule has 0 aliphatic carbocycles. The highest BCUT2D eigenvalue weighted by Gasteiger charge is 2.20. The number of benzene rings is 1. The van der Waals surface area contributed by atoms with Crippen LogP contribution >= 0.6 is 0 Å². The Morgan fingerprint density at radius 1 is 1.36 bits per heavy atom. The molecule has 1 aromatic carbocycles. The number of guanidine groups is 1. The van der Waals surface area contributed by atoms with E-state index < -0.39 is 0 Å². The van der Waals surface area contributed by atoms with Crippen LogP contribution in [0.3, 0.4) is 0 Å². The Labute approximate surface area is 148 Å². The average Bonchev–Trinajstić information content (AvgIpc) is 3.05. The Bertz CT molecular complexity index is 744. The van der Waals surface area contributed by atoms with E-state index in [1.165, 1.54) is 0 Å². The van der Waals surface area contributed by atoms with E-state index in [4.69, 9.17) is 4.99 Å². The molecule has 0 bridgehead atoms. The van der Waals surface area contributed by atoms with E-state index in [0.29, 0.717) is 12.3 Å². The molecule has 7 nitrogen and oxygen atoms in total. The number of hydrogen-bond acceptors (Lipinski definition) is 4. The summed E-state index contributed by atoms with van der Waals surface area (Å²) in [6, 6.07) is 4.25. The molecular formula is C18H26N6O. The quantitative estimate of drug-likeness (QED) is 0.581. The third-order valence-electron chi connectivity index (χ3n) is 4.46. The molecule has 1 aromatic heterocycles. The lowest BCUT2D eigenvalue weighted by Gasteiger charge is -2.25. The van der Waals surface area contributed by atoms with Crippen LogP contribution in [0.15, 0.2) is 23.5 Å². The maximum Gasteiger partial charge on any atom is 0.191 e. The number of nitrogens with one attached hydrogen (secondary N) is 2. The Balaban J connectivity index is 1.67. The maximum atomic E-state index is 9.90. The molecule has 0 saturated carbocycles. The van der Waals surface area contributed by atoms with Crippen molar-refractivity contribution in [2.45, 2.75) is 52.7 Å². The number of aliphatic imine (C=N–C) groups is 1. The third kappa shape index (κ3) is 4.10. The van der Waals surface area contributed by atoms with Crippen LogP contribution in [0, 0.1) is 13.8 Å². The lowest BCUT2D eigenvalue weighted by Crippen LogP contribution is -2.47. The van der Waals surface area contributed by atoms with Crippen LogP contribution in [-0.2, 0) is 19.5 Å². The number of aromatic hydroxyl groups is 1. The number of nitrogens with zero attached hydrogens (tertiary/aromatic N) is 4. The van der Waals surface area contributed by atoms with E-state index in [1.807, 2.05) is 30.7 Å². The predicted molar refractivity (Wildman–Crippen MR) is 97.7 cm³/mol. The first kappa shape index (κ1) is 17.3. The van der Waals surface area contributed by atoms with Crippen LogP contribution in [0.5, 0.6) is 5.75 Å². The summed E-state index contributed by atoms with van der Waals surface area (Å²) < 4.78 is 1.96. The highest BCUT2D eigenvalue weighted by Crippen LogP contribution is 2.23. The minimum Gasteiger partial charge on any atom is -0.507 e. The number of rotatable bonds is 4. The highest BCUT2D eigenvalue weighted by atomic mass is 16.3. The molecule has 25 heavy (non-hydrogen) atoms. The van der Waals surface area contributed by atoms with Crippen LogP contribution in [0.2, 0.25) is 0 Å². The smallest absolute Gasteiger partial charge is 0.191 e. The van der Waals surface area contributed by atoms with Gasteiger partial charge in [-0.3, -0.25) is 0 Å². The Kier molecular flexibility index (Phi) is 5.21. The van der Waals surface area contributed by atoms with Crippen LogP contribution in [0.25, 0.3) is 0 Å². The van der Waals surface area contributed by atoms with Crippen molar-refractivity contribution < 1.29 is 5.11 Å². The van der Waals surface area contributed by atoms with E-state index in [9.17, 15) is 5.11 Å². The summed E-state index contributed by atoms with van der Waals surface area (Å²) in [5.41, 5.74) is 2.86. The van der Waals surface area contributed by atoms with Gasteiger partial charge in [0.25, 0.3) is 0 Å². The van der Waals surface area contributed by atoms with Gasteiger partial charge in [0, 0.05) is 19.0 Å². The van der Waals surface area contributed by atoms with Crippen molar-refractivity contribution in [3.63, 3.8) is 0 Å². The second-order valence-electron chi connectivity index (χ2n) is 6.51. The topological polar surface area (TPSA) is 87.4 Å². The zero-order valence-corrected chi connectivity index (χ0v) is 15.1. The van der Waals surface area contributed by atoms with Gasteiger partial charge >= 0.3 is 0 Å². The van der Waals surface area contributed by atoms with E-state index in [0.717, 1.165) is 54.4 Å². The zero-order valence-electron chi connectivity index (χ0n) is 15.1. The van der Waals surface area contributed by atoms with Crippen molar-refractivity contribution in [3.8, 4) is 5.75 Å². The van der Waals surface area contributed by atoms with Crippen LogP contribution < -0.4 is 10.6 Å². The first-order valence-electron chi connectivity index (χ1n) is 8.77. The summed E-state index contributed by atoms with van der Waals surface area (Å²) in [5, 5.41) is 21.0. The fourth-order valence-corrected chi connectivity index (χ4v) is 3.18. The van der Waals surface area contributed by atoms with Gasteiger partial charge in [-0.15, -0.1) is 0 Å². The second kappa shape index (κ2) is 7.55. The highest BCUT2D eigenvalue weighted by molar-refractivity contribution is 5.80. The van der Waals surface area contributed by atoms with E-state index in [-0.39, 0.29) is 6.04 Å². The largest absolute Gasteiger partial charge is 0.507 e. The molecule has 0 spiro atoms. The summed E-state index contributed by atoms with van der Waals surface area (Å²) in [4.78, 5) is 8.96. The molecule has 3 N–H and O–H groups in total. The first-order valence-corrected chi connectivity index (χ1v) is 8.77. The van der Waals surface area contributed by atoms with Crippen LogP contribution in [-0.4, -0.2) is 38.4 Å². The fourth-order valence-electron chi connectivity index (χ4n) is 3.18. The lowest BCUT2D eigenvalue weighted by atomic mass is 10.1. The monoisotopic (exact) mass is 342 g/mol. The van der Waals surface area contributed by atoms with Crippen molar-refractivity contribution in [3.05, 3.63) is 41.0 Å². The SMILES string of the molecule is CCNC(=NCc1cc(C)c(O)c(C)c1)NC1CCc2ncnn2C1. The van der Waals surface area contributed by atoms with E-state index in [1.54, 1.807) is 6.33 Å². The molecule has 2 aromatic rings. The van der Waals surface area contributed by atoms with E-state index >= 15 is 0 Å². The van der Waals surface area contributed by atoms with Crippen LogP contribution in [0.4, 0.5) is 0 Å². The lowest BCUT2D eigenvalue weighted by molar-refractivity contribution is 0.392. The van der Waals surface area contributed by atoms with Gasteiger partial charge in [-0.05, 0) is 43.9 Å². The van der Waals surface area contributed by atoms with Gasteiger partial charge in [0.15, 0.2) is 5.96 Å². The first-order chi connectivity index (χ1) is 12.1. The second-order valence-corrected chi connectivity index (χ2v) is 6.51. The molecule has 0 radical (unpaired) electrons. The third-order valence-corrected chi connectivity index (χ3v) is 4.46. The standard InChI is InChI=1S/C18H26N6O/c1-4-19-18(20-9-14-7-12(2)17(25)13(3)8-14)23-15-5-6-16-21-11-22-24(16)10-15/h7-8,11,15,25H,4-6,9-10H2,1-3H3,(H2,19,20,23). The Morgan fingerprint density at radius 3 is 2.84 bits per heavy atom. The molecular weight excluding hydrogens is 316 g/mol. The van der Waals surface area contributed by atoms with Gasteiger partial charge in [-0.25, -0.2) is 14.7 Å². The summed E-state index contributed by atoms with van der Waals surface area (Å²) in [7, 11) is 0. The van der Waals surface area contributed by atoms with Gasteiger partial charge < -0.3 is 15.7 Å². The number of fused-ring (bicyclic) bond motifs is 1. The summed E-state index contributed by atoms with van der Waals surface area (Å²) in [6.45, 7) is 8.06. The minimum absolute atomic E-state index is 0.287. The van der Waals surface area contributed by atoms with Gasteiger partial charge in [0.2, 0.25) is 0 Å². The normalized spacial score (nSPS) is 17.2. The molecule has 1 aliphatic heterocycles. The number of aryl methyl sites for hydroxylation is 3. The van der Waals surface area contributed by atoms with Crippen molar-refractivity contribution in [2.24, 2.45) is 4.99 Å². The van der Waals surface area contributed by atoms with Crippen LogP contribution in [0.1, 0.15) is 35.9 Å². The van der Waals surface area contributed by atoms with Gasteiger partial charge in [-0.2, -0.15) is 5.10 Å². The molecule has 0 saturated heterocycles. The molecule has 134 valence electrons. The molecule has 1 atom stereocenters. The predicted octanol–water partition coefficient (Wildman–Crippen LogP) is 1.67. The number of phenols is 1. The number of aromatic nitrogens is 3. The van der Waals surface area contributed by atoms with Crippen molar-refractivity contribution in [1.29, 1.82) is 0 Å². The molecule has 3 rings (SSSR count). The Morgan fingerprint density at radius 2 is 2.12 bits per heavy atom. The molecule has 0 amide bonds. The zero-order chi connectivity index (χ0) is 17.8. The van der Waals surface area contributed by atoms with Gasteiger partial charge in [-0.1, -0.05) is 12.1 Å². The summed E-state index contributed by atoms with van der Waals surface area (Å²) in [6.07, 6.45) is 3.56. The minimum atomic E-state index is 0.287. The van der Waals surface area contributed by atoms with Crippen molar-refractivity contribution in [1.82, 2.24) is 25.4 Å².